The van der Waals surface area contributed by atoms with Gasteiger partial charge in [-0.15, -0.1) is 0 Å². The van der Waals surface area contributed by atoms with E-state index in [-0.39, 0.29) is 25.0 Å². The number of nitrogens with one attached hydrogen (secondary N) is 1. The van der Waals surface area contributed by atoms with E-state index < -0.39 is 6.04 Å². The zero-order valence-corrected chi connectivity index (χ0v) is 24.9. The highest BCUT2D eigenvalue weighted by Crippen LogP contribution is 2.26. The van der Waals surface area contributed by atoms with Crippen molar-refractivity contribution in [1.82, 2.24) is 10.2 Å². The van der Waals surface area contributed by atoms with Gasteiger partial charge < -0.3 is 15.0 Å². The zero-order valence-electron chi connectivity index (χ0n) is 21.8. The van der Waals surface area contributed by atoms with Crippen LogP contribution in [0.1, 0.15) is 36.1 Å². The molecule has 196 valence electrons. The molecule has 0 saturated carbocycles. The van der Waals surface area contributed by atoms with Gasteiger partial charge in [-0.3, -0.25) is 9.59 Å². The number of aryl methyl sites for hydroxylation is 2. The van der Waals surface area contributed by atoms with E-state index >= 15 is 0 Å². The number of benzene rings is 3. The number of halogens is 2. The largest absolute Gasteiger partial charge is 0.484 e. The first-order valence-electron chi connectivity index (χ1n) is 12.4. The SMILES string of the molecule is Cc1cc(OCC(=O)N(Cc2cccc(Br)c2)[C@@H](Cc2ccccc2)C(=O)NCC(C)C)cc(C)c1Br. The fourth-order valence-electron chi connectivity index (χ4n) is 4.03. The maximum atomic E-state index is 13.7. The van der Waals surface area contributed by atoms with Crippen molar-refractivity contribution in [2.24, 2.45) is 5.92 Å². The molecule has 0 unspecified atom stereocenters. The lowest BCUT2D eigenvalue weighted by Gasteiger charge is -2.32. The van der Waals surface area contributed by atoms with Gasteiger partial charge >= 0.3 is 0 Å². The molecular weight excluding hydrogens is 596 g/mol. The van der Waals surface area contributed by atoms with Crippen LogP contribution < -0.4 is 10.1 Å². The van der Waals surface area contributed by atoms with Crippen LogP contribution in [-0.4, -0.2) is 35.9 Å². The van der Waals surface area contributed by atoms with E-state index in [0.717, 1.165) is 31.2 Å². The first-order valence-corrected chi connectivity index (χ1v) is 14.0. The maximum Gasteiger partial charge on any atom is 0.261 e. The standard InChI is InChI=1S/C30H34Br2N2O3/c1-20(2)17-33-30(36)27(16-23-9-6-5-7-10-23)34(18-24-11-8-12-25(31)15-24)28(35)19-37-26-13-21(3)29(32)22(4)14-26/h5-15,20,27H,16-19H2,1-4H3,(H,33,36)/t27-/m0/s1. The molecule has 3 aromatic rings. The van der Waals surface area contributed by atoms with Gasteiger partial charge in [-0.05, 0) is 66.3 Å². The topological polar surface area (TPSA) is 58.6 Å². The summed E-state index contributed by atoms with van der Waals surface area (Å²) < 4.78 is 7.89. The molecule has 0 bridgehead atoms. The summed E-state index contributed by atoms with van der Waals surface area (Å²) in [7, 11) is 0. The van der Waals surface area contributed by atoms with Gasteiger partial charge in [0.05, 0.1) is 0 Å². The van der Waals surface area contributed by atoms with Crippen LogP contribution in [0.25, 0.3) is 0 Å². The van der Waals surface area contributed by atoms with Crippen LogP contribution in [-0.2, 0) is 22.6 Å². The maximum absolute atomic E-state index is 13.7. The second kappa shape index (κ2) is 13.8. The van der Waals surface area contributed by atoms with Gasteiger partial charge in [0.1, 0.15) is 11.8 Å². The van der Waals surface area contributed by atoms with E-state index in [4.69, 9.17) is 4.74 Å². The van der Waals surface area contributed by atoms with Crippen LogP contribution in [0.2, 0.25) is 0 Å². The van der Waals surface area contributed by atoms with Crippen LogP contribution in [0.3, 0.4) is 0 Å². The van der Waals surface area contributed by atoms with Crippen molar-refractivity contribution in [3.05, 3.63) is 97.9 Å². The molecule has 0 saturated heterocycles. The first kappa shape index (κ1) is 28.9. The molecule has 37 heavy (non-hydrogen) atoms. The predicted octanol–water partition coefficient (Wildman–Crippen LogP) is 6.62. The Labute approximate surface area is 236 Å². The summed E-state index contributed by atoms with van der Waals surface area (Å²) in [5.41, 5.74) is 3.97. The third-order valence-electron chi connectivity index (χ3n) is 5.97. The monoisotopic (exact) mass is 628 g/mol. The molecule has 1 atom stereocenters. The van der Waals surface area contributed by atoms with E-state index in [1.54, 1.807) is 4.90 Å². The van der Waals surface area contributed by atoms with Crippen molar-refractivity contribution >= 4 is 43.7 Å². The first-order chi connectivity index (χ1) is 17.6. The Morgan fingerprint density at radius 1 is 0.919 bits per heavy atom. The number of nitrogens with zero attached hydrogens (tertiary/aromatic N) is 1. The van der Waals surface area contributed by atoms with E-state index in [1.165, 1.54) is 0 Å². The molecule has 3 rings (SSSR count). The summed E-state index contributed by atoms with van der Waals surface area (Å²) in [6.45, 7) is 8.72. The summed E-state index contributed by atoms with van der Waals surface area (Å²) >= 11 is 7.09. The van der Waals surface area contributed by atoms with Gasteiger partial charge in [-0.2, -0.15) is 0 Å². The fraction of sp³-hybridized carbons (Fsp3) is 0.333. The van der Waals surface area contributed by atoms with Crippen molar-refractivity contribution in [3.63, 3.8) is 0 Å². The summed E-state index contributed by atoms with van der Waals surface area (Å²) in [5, 5.41) is 3.04. The number of carbonyl (C=O) groups excluding carboxylic acids is 2. The van der Waals surface area contributed by atoms with Crippen molar-refractivity contribution in [3.8, 4) is 5.75 Å². The van der Waals surface area contributed by atoms with Gasteiger partial charge in [0.2, 0.25) is 5.91 Å². The summed E-state index contributed by atoms with van der Waals surface area (Å²) in [5.74, 6) is 0.496. The highest BCUT2D eigenvalue weighted by Gasteiger charge is 2.30. The van der Waals surface area contributed by atoms with Crippen LogP contribution >= 0.6 is 31.9 Å². The second-order valence-corrected chi connectivity index (χ2v) is 11.4. The third-order valence-corrected chi connectivity index (χ3v) is 7.71. The van der Waals surface area contributed by atoms with E-state index in [2.05, 4.69) is 37.2 Å². The van der Waals surface area contributed by atoms with Crippen molar-refractivity contribution in [1.29, 1.82) is 0 Å². The van der Waals surface area contributed by atoms with Crippen LogP contribution in [0.5, 0.6) is 5.75 Å². The number of carbonyl (C=O) groups is 2. The predicted molar refractivity (Wildman–Crippen MR) is 156 cm³/mol. The van der Waals surface area contributed by atoms with E-state index in [0.29, 0.717) is 24.6 Å². The van der Waals surface area contributed by atoms with Gasteiger partial charge in [0.15, 0.2) is 6.61 Å². The van der Waals surface area contributed by atoms with Crippen molar-refractivity contribution in [2.45, 2.75) is 46.7 Å². The molecule has 0 fully saturated rings. The molecule has 0 aliphatic heterocycles. The number of ether oxygens (including phenoxy) is 1. The van der Waals surface area contributed by atoms with Gasteiger partial charge in [0, 0.05) is 28.5 Å². The van der Waals surface area contributed by atoms with Crippen LogP contribution in [0.15, 0.2) is 75.7 Å². The van der Waals surface area contributed by atoms with E-state index in [1.807, 2.05) is 94.4 Å². The lowest BCUT2D eigenvalue weighted by molar-refractivity contribution is -0.142. The molecule has 3 aromatic carbocycles. The van der Waals surface area contributed by atoms with Gasteiger partial charge in [-0.1, -0.05) is 88.2 Å². The molecule has 0 aliphatic carbocycles. The molecule has 0 radical (unpaired) electrons. The highest BCUT2D eigenvalue weighted by molar-refractivity contribution is 9.10. The average Bonchev–Trinajstić information content (AvgIpc) is 2.87. The minimum atomic E-state index is -0.690. The Morgan fingerprint density at radius 2 is 1.57 bits per heavy atom. The minimum Gasteiger partial charge on any atom is -0.484 e. The molecule has 0 spiro atoms. The summed E-state index contributed by atoms with van der Waals surface area (Å²) in [4.78, 5) is 28.9. The molecule has 0 aliphatic rings. The highest BCUT2D eigenvalue weighted by atomic mass is 79.9. The molecule has 5 nitrogen and oxygen atoms in total. The molecule has 7 heteroatoms. The Hall–Kier alpha value is -2.64. The van der Waals surface area contributed by atoms with Crippen molar-refractivity contribution < 1.29 is 14.3 Å². The Balaban J connectivity index is 1.91. The normalized spacial score (nSPS) is 11.8. The second-order valence-electron chi connectivity index (χ2n) is 9.66. The van der Waals surface area contributed by atoms with Gasteiger partial charge in [-0.25, -0.2) is 0 Å². The molecule has 0 aromatic heterocycles. The fourth-order valence-corrected chi connectivity index (χ4v) is 4.70. The quantitative estimate of drug-likeness (QED) is 0.259. The smallest absolute Gasteiger partial charge is 0.261 e. The molecule has 0 heterocycles. The lowest BCUT2D eigenvalue weighted by atomic mass is 10.0. The minimum absolute atomic E-state index is 0.169. The van der Waals surface area contributed by atoms with Crippen molar-refractivity contribution in [2.75, 3.05) is 13.2 Å². The Bertz CT molecular complexity index is 1190. The third kappa shape index (κ3) is 8.71. The Morgan fingerprint density at radius 3 is 2.19 bits per heavy atom. The summed E-state index contributed by atoms with van der Waals surface area (Å²) in [6.07, 6.45) is 0.404. The van der Waals surface area contributed by atoms with Crippen LogP contribution in [0.4, 0.5) is 0 Å². The lowest BCUT2D eigenvalue weighted by Crippen LogP contribution is -2.52. The van der Waals surface area contributed by atoms with E-state index in [9.17, 15) is 9.59 Å². The molecule has 2 amide bonds. The number of hydrogen-bond acceptors (Lipinski definition) is 3. The Kier molecular flexibility index (Phi) is 10.8. The number of rotatable bonds is 11. The molecular formula is C30H34Br2N2O3. The molecule has 1 N–H and O–H groups in total. The number of amides is 2. The van der Waals surface area contributed by atoms with Crippen LogP contribution in [0, 0.1) is 19.8 Å². The number of hydrogen-bond donors (Lipinski definition) is 1. The summed E-state index contributed by atoms with van der Waals surface area (Å²) in [6, 6.07) is 20.7. The van der Waals surface area contributed by atoms with Gasteiger partial charge in [0.25, 0.3) is 5.91 Å². The average molecular weight is 630 g/mol. The zero-order chi connectivity index (χ0) is 26.9.